The van der Waals surface area contributed by atoms with E-state index in [1.165, 1.54) is 0 Å². The molecule has 0 saturated carbocycles. The molecule has 0 fully saturated rings. The van der Waals surface area contributed by atoms with Crippen LogP contribution in [-0.4, -0.2) is 23.3 Å². The Balaban J connectivity index is 2.09. The molecular weight excluding hydrogens is 288 g/mol. The molecule has 0 spiro atoms. The molecule has 21 heavy (non-hydrogen) atoms. The molecule has 3 rings (SSSR count). The summed E-state index contributed by atoms with van der Waals surface area (Å²) in [6, 6.07) is 6.79. The van der Waals surface area contributed by atoms with E-state index >= 15 is 0 Å². The van der Waals surface area contributed by atoms with Gasteiger partial charge < -0.3 is 5.32 Å². The van der Waals surface area contributed by atoms with Crippen LogP contribution >= 0.6 is 11.6 Å². The van der Waals surface area contributed by atoms with Crippen LogP contribution in [0.5, 0.6) is 0 Å². The predicted octanol–water partition coefficient (Wildman–Crippen LogP) is 3.43. The van der Waals surface area contributed by atoms with Gasteiger partial charge in [0.15, 0.2) is 5.78 Å². The van der Waals surface area contributed by atoms with Crippen LogP contribution in [0.2, 0.25) is 5.02 Å². The second kappa shape index (κ2) is 5.53. The summed E-state index contributed by atoms with van der Waals surface area (Å²) in [7, 11) is 0. The summed E-state index contributed by atoms with van der Waals surface area (Å²) in [5, 5.41) is 3.59. The molecule has 1 aromatic carbocycles. The highest BCUT2D eigenvalue weighted by Crippen LogP contribution is 2.37. The number of allylic oxidation sites excluding steroid dienone is 1. The van der Waals surface area contributed by atoms with Crippen LogP contribution in [-0.2, 0) is 4.79 Å². The number of carbonyl (C=O) groups excluding carboxylic acids is 2. The molecule has 0 aromatic heterocycles. The van der Waals surface area contributed by atoms with Crippen LogP contribution in [0.3, 0.4) is 0 Å². The number of rotatable bonds is 2. The van der Waals surface area contributed by atoms with E-state index in [9.17, 15) is 9.59 Å². The van der Waals surface area contributed by atoms with Crippen molar-refractivity contribution in [3.8, 4) is 0 Å². The van der Waals surface area contributed by atoms with Crippen molar-refractivity contribution < 1.29 is 9.59 Å². The SMILES string of the molecule is CCN1C(=O)N[C@H](c2ccc(Cl)cc2)C2=C1CCCC2=O. The number of Topliss-reactive ketones (excluding diaryl/α,β-unsaturated/α-hetero) is 1. The average Bonchev–Trinajstić information content (AvgIpc) is 2.47. The second-order valence-corrected chi connectivity index (χ2v) is 5.75. The van der Waals surface area contributed by atoms with Crippen molar-refractivity contribution in [3.63, 3.8) is 0 Å². The zero-order valence-electron chi connectivity index (χ0n) is 11.9. The highest BCUT2D eigenvalue weighted by atomic mass is 35.5. The smallest absolute Gasteiger partial charge is 0.322 e. The molecule has 1 atom stereocenters. The maximum absolute atomic E-state index is 12.4. The molecule has 0 unspecified atom stereocenters. The zero-order chi connectivity index (χ0) is 15.0. The van der Waals surface area contributed by atoms with Gasteiger partial charge in [0.1, 0.15) is 0 Å². The van der Waals surface area contributed by atoms with Crippen molar-refractivity contribution in [2.75, 3.05) is 6.54 Å². The lowest BCUT2D eigenvalue weighted by atomic mass is 9.85. The molecule has 1 aliphatic heterocycles. The number of amides is 2. The van der Waals surface area contributed by atoms with E-state index in [1.54, 1.807) is 17.0 Å². The highest BCUT2D eigenvalue weighted by molar-refractivity contribution is 6.30. The molecule has 2 aliphatic rings. The van der Waals surface area contributed by atoms with E-state index in [2.05, 4.69) is 5.32 Å². The largest absolute Gasteiger partial charge is 0.327 e. The second-order valence-electron chi connectivity index (χ2n) is 5.32. The monoisotopic (exact) mass is 304 g/mol. The Morgan fingerprint density at radius 3 is 2.62 bits per heavy atom. The van der Waals surface area contributed by atoms with Gasteiger partial charge >= 0.3 is 6.03 Å². The topological polar surface area (TPSA) is 49.4 Å². The van der Waals surface area contributed by atoms with Crippen LogP contribution in [0, 0.1) is 0 Å². The molecule has 1 N–H and O–H groups in total. The minimum atomic E-state index is -0.361. The summed E-state index contributed by atoms with van der Waals surface area (Å²) in [6.07, 6.45) is 2.15. The molecule has 1 heterocycles. The van der Waals surface area contributed by atoms with Crippen LogP contribution < -0.4 is 5.32 Å². The molecule has 5 heteroatoms. The molecule has 2 amide bonds. The number of ketones is 1. The van der Waals surface area contributed by atoms with E-state index in [-0.39, 0.29) is 17.9 Å². The van der Waals surface area contributed by atoms with E-state index < -0.39 is 0 Å². The molecule has 110 valence electrons. The number of carbonyl (C=O) groups is 2. The Labute approximate surface area is 128 Å². The third-order valence-electron chi connectivity index (χ3n) is 4.08. The lowest BCUT2D eigenvalue weighted by Gasteiger charge is -2.38. The van der Waals surface area contributed by atoms with Crippen LogP contribution in [0.1, 0.15) is 37.8 Å². The molecule has 0 saturated heterocycles. The summed E-state index contributed by atoms with van der Waals surface area (Å²) < 4.78 is 0. The quantitative estimate of drug-likeness (QED) is 0.910. The highest BCUT2D eigenvalue weighted by Gasteiger charge is 2.37. The number of halogens is 1. The zero-order valence-corrected chi connectivity index (χ0v) is 12.6. The summed E-state index contributed by atoms with van der Waals surface area (Å²) in [5.41, 5.74) is 2.52. The van der Waals surface area contributed by atoms with Gasteiger partial charge in [0.25, 0.3) is 0 Å². The predicted molar refractivity (Wildman–Crippen MR) is 81.0 cm³/mol. The Morgan fingerprint density at radius 2 is 1.95 bits per heavy atom. The first kappa shape index (κ1) is 14.1. The van der Waals surface area contributed by atoms with E-state index in [0.29, 0.717) is 18.0 Å². The number of urea groups is 1. The third kappa shape index (κ3) is 2.44. The molecule has 4 nitrogen and oxygen atoms in total. The maximum atomic E-state index is 12.4. The molecule has 0 radical (unpaired) electrons. The van der Waals surface area contributed by atoms with Crippen LogP contribution in [0.25, 0.3) is 0 Å². The van der Waals surface area contributed by atoms with Gasteiger partial charge in [-0.25, -0.2) is 4.79 Å². The number of nitrogens with one attached hydrogen (secondary N) is 1. The number of hydrogen-bond acceptors (Lipinski definition) is 2. The lowest BCUT2D eigenvalue weighted by Crippen LogP contribution is -2.49. The van der Waals surface area contributed by atoms with Crippen molar-refractivity contribution in [3.05, 3.63) is 46.1 Å². The number of nitrogens with zero attached hydrogens (tertiary/aromatic N) is 1. The Kier molecular flexibility index (Phi) is 3.72. The fourth-order valence-electron chi connectivity index (χ4n) is 3.09. The van der Waals surface area contributed by atoms with Gasteiger partial charge in [-0.2, -0.15) is 0 Å². The van der Waals surface area contributed by atoms with Crippen molar-refractivity contribution in [1.82, 2.24) is 10.2 Å². The van der Waals surface area contributed by atoms with E-state index in [0.717, 1.165) is 29.7 Å². The van der Waals surface area contributed by atoms with Gasteiger partial charge in [-0.1, -0.05) is 23.7 Å². The van der Waals surface area contributed by atoms with Gasteiger partial charge in [-0.15, -0.1) is 0 Å². The maximum Gasteiger partial charge on any atom is 0.322 e. The third-order valence-corrected chi connectivity index (χ3v) is 4.33. The molecular formula is C16H17ClN2O2. The normalized spacial score (nSPS) is 22.2. The first-order valence-corrected chi connectivity index (χ1v) is 7.59. The molecule has 1 aromatic rings. The first-order valence-electron chi connectivity index (χ1n) is 7.21. The van der Waals surface area contributed by atoms with Crippen molar-refractivity contribution in [2.45, 2.75) is 32.2 Å². The Bertz CT molecular complexity index is 622. The standard InChI is InChI=1S/C16H17ClN2O2/c1-2-19-12-4-3-5-13(20)14(12)15(18-16(19)21)10-6-8-11(17)9-7-10/h6-9,15H,2-5H2,1H3,(H,18,21)/t15-/m1/s1. The van der Waals surface area contributed by atoms with Crippen LogP contribution in [0.4, 0.5) is 4.79 Å². The molecule has 0 bridgehead atoms. The number of hydrogen-bond donors (Lipinski definition) is 1. The number of benzene rings is 1. The van der Waals surface area contributed by atoms with E-state index in [1.807, 2.05) is 19.1 Å². The minimum Gasteiger partial charge on any atom is -0.327 e. The van der Waals surface area contributed by atoms with Crippen molar-refractivity contribution in [1.29, 1.82) is 0 Å². The van der Waals surface area contributed by atoms with E-state index in [4.69, 9.17) is 11.6 Å². The summed E-state index contributed by atoms with van der Waals surface area (Å²) in [4.78, 5) is 26.3. The fraction of sp³-hybridized carbons (Fsp3) is 0.375. The van der Waals surface area contributed by atoms with Crippen LogP contribution in [0.15, 0.2) is 35.5 Å². The van der Waals surface area contributed by atoms with Crippen molar-refractivity contribution in [2.24, 2.45) is 0 Å². The summed E-state index contributed by atoms with van der Waals surface area (Å²) in [6.45, 7) is 2.50. The summed E-state index contributed by atoms with van der Waals surface area (Å²) in [5.74, 6) is 0.134. The van der Waals surface area contributed by atoms with Gasteiger partial charge in [-0.05, 0) is 37.5 Å². The first-order chi connectivity index (χ1) is 10.1. The molecule has 1 aliphatic carbocycles. The Morgan fingerprint density at radius 1 is 1.24 bits per heavy atom. The Hall–Kier alpha value is -1.81. The average molecular weight is 305 g/mol. The van der Waals surface area contributed by atoms with Gasteiger partial charge in [0, 0.05) is 29.3 Å². The minimum absolute atomic E-state index is 0.133. The lowest BCUT2D eigenvalue weighted by molar-refractivity contribution is -0.116. The fourth-order valence-corrected chi connectivity index (χ4v) is 3.22. The van der Waals surface area contributed by atoms with Gasteiger partial charge in [0.2, 0.25) is 0 Å². The van der Waals surface area contributed by atoms with Crippen molar-refractivity contribution >= 4 is 23.4 Å². The van der Waals surface area contributed by atoms with Gasteiger partial charge in [-0.3, -0.25) is 9.69 Å². The van der Waals surface area contributed by atoms with Gasteiger partial charge in [0.05, 0.1) is 6.04 Å². The summed E-state index contributed by atoms with van der Waals surface area (Å²) >= 11 is 5.92.